The third-order valence-corrected chi connectivity index (χ3v) is 2.66. The molecule has 106 valence electrons. The molecule has 2 N–H and O–H groups in total. The van der Waals surface area contributed by atoms with E-state index in [2.05, 4.69) is 10.4 Å². The molecule has 0 radical (unpaired) electrons. The van der Waals surface area contributed by atoms with Crippen LogP contribution >= 0.6 is 0 Å². The first kappa shape index (κ1) is 15.2. The van der Waals surface area contributed by atoms with E-state index in [9.17, 15) is 9.59 Å². The molecule has 1 rings (SSSR count). The molecule has 6 nitrogen and oxygen atoms in total. The van der Waals surface area contributed by atoms with Crippen molar-refractivity contribution in [2.75, 3.05) is 0 Å². The maximum Gasteiger partial charge on any atom is 0.326 e. The van der Waals surface area contributed by atoms with E-state index in [0.717, 1.165) is 13.0 Å². The molecule has 1 heterocycles. The van der Waals surface area contributed by atoms with Crippen molar-refractivity contribution in [1.82, 2.24) is 15.1 Å². The SMILES string of the molecule is CCCn1cc(C(=O)NC(CC(C)C)C(=O)O)cn1. The molecule has 1 atom stereocenters. The van der Waals surface area contributed by atoms with Crippen LogP contribution in [0.15, 0.2) is 12.4 Å². The number of aromatic nitrogens is 2. The molecule has 1 aromatic rings. The lowest BCUT2D eigenvalue weighted by molar-refractivity contribution is -0.139. The lowest BCUT2D eigenvalue weighted by Crippen LogP contribution is -2.41. The highest BCUT2D eigenvalue weighted by atomic mass is 16.4. The Morgan fingerprint density at radius 2 is 2.16 bits per heavy atom. The summed E-state index contributed by atoms with van der Waals surface area (Å²) >= 11 is 0. The van der Waals surface area contributed by atoms with Gasteiger partial charge in [0.2, 0.25) is 0 Å². The molecule has 0 aliphatic carbocycles. The second kappa shape index (κ2) is 6.92. The number of aliphatic carboxylic acids is 1. The first-order valence-electron chi connectivity index (χ1n) is 6.50. The van der Waals surface area contributed by atoms with Crippen LogP contribution in [0.5, 0.6) is 0 Å². The van der Waals surface area contributed by atoms with Gasteiger partial charge in [-0.3, -0.25) is 9.48 Å². The van der Waals surface area contributed by atoms with Crippen molar-refractivity contribution in [3.63, 3.8) is 0 Å². The lowest BCUT2D eigenvalue weighted by Gasteiger charge is -2.15. The molecule has 0 aromatic carbocycles. The van der Waals surface area contributed by atoms with Crippen molar-refractivity contribution in [2.45, 2.75) is 46.2 Å². The molecule has 1 amide bonds. The van der Waals surface area contributed by atoms with Gasteiger partial charge in [0.05, 0.1) is 11.8 Å². The second-order valence-electron chi connectivity index (χ2n) is 4.99. The zero-order chi connectivity index (χ0) is 14.4. The standard InChI is InChI=1S/C13H21N3O3/c1-4-5-16-8-10(7-14-16)12(17)15-11(13(18)19)6-9(2)3/h7-9,11H,4-6H2,1-3H3,(H,15,17)(H,18,19). The van der Waals surface area contributed by atoms with Gasteiger partial charge in [0.1, 0.15) is 6.04 Å². The summed E-state index contributed by atoms with van der Waals surface area (Å²) in [5, 5.41) is 15.6. The van der Waals surface area contributed by atoms with Crippen LogP contribution in [0.1, 0.15) is 44.0 Å². The van der Waals surface area contributed by atoms with E-state index in [1.54, 1.807) is 10.9 Å². The smallest absolute Gasteiger partial charge is 0.326 e. The molecule has 0 spiro atoms. The Balaban J connectivity index is 2.67. The van der Waals surface area contributed by atoms with Gasteiger partial charge in [-0.25, -0.2) is 4.79 Å². The van der Waals surface area contributed by atoms with Gasteiger partial charge in [0.25, 0.3) is 5.91 Å². The number of amides is 1. The Bertz CT molecular complexity index is 440. The number of hydrogen-bond donors (Lipinski definition) is 2. The maximum atomic E-state index is 11.9. The fourth-order valence-corrected chi connectivity index (χ4v) is 1.77. The number of hydrogen-bond acceptors (Lipinski definition) is 3. The normalized spacial score (nSPS) is 12.4. The van der Waals surface area contributed by atoms with Crippen molar-refractivity contribution in [3.05, 3.63) is 18.0 Å². The van der Waals surface area contributed by atoms with Crippen molar-refractivity contribution >= 4 is 11.9 Å². The monoisotopic (exact) mass is 267 g/mol. The Morgan fingerprint density at radius 3 is 2.68 bits per heavy atom. The molecule has 0 bridgehead atoms. The number of nitrogens with zero attached hydrogens (tertiary/aromatic N) is 2. The molecule has 6 heteroatoms. The van der Waals surface area contributed by atoms with Crippen LogP contribution in [0.3, 0.4) is 0 Å². The zero-order valence-electron chi connectivity index (χ0n) is 11.6. The molecule has 0 aliphatic rings. The van der Waals surface area contributed by atoms with Crippen molar-refractivity contribution in [2.24, 2.45) is 5.92 Å². The van der Waals surface area contributed by atoms with Crippen LogP contribution in [-0.4, -0.2) is 32.8 Å². The summed E-state index contributed by atoms with van der Waals surface area (Å²) in [6, 6.07) is -0.859. The highest BCUT2D eigenvalue weighted by Gasteiger charge is 2.22. The summed E-state index contributed by atoms with van der Waals surface area (Å²) in [6.07, 6.45) is 4.42. The summed E-state index contributed by atoms with van der Waals surface area (Å²) in [4.78, 5) is 23.0. The van der Waals surface area contributed by atoms with Gasteiger partial charge in [0.15, 0.2) is 0 Å². The Labute approximate surface area is 112 Å². The van der Waals surface area contributed by atoms with E-state index in [-0.39, 0.29) is 5.92 Å². The van der Waals surface area contributed by atoms with E-state index in [0.29, 0.717) is 12.0 Å². The molecule has 1 unspecified atom stereocenters. The fraction of sp³-hybridized carbons (Fsp3) is 0.615. The summed E-state index contributed by atoms with van der Waals surface area (Å²) in [5.74, 6) is -1.21. The van der Waals surface area contributed by atoms with Crippen LogP contribution in [-0.2, 0) is 11.3 Å². The van der Waals surface area contributed by atoms with Crippen LogP contribution in [0.4, 0.5) is 0 Å². The summed E-state index contributed by atoms with van der Waals surface area (Å²) in [7, 11) is 0. The van der Waals surface area contributed by atoms with Crippen molar-refractivity contribution in [3.8, 4) is 0 Å². The average Bonchev–Trinajstić information content (AvgIpc) is 2.76. The van der Waals surface area contributed by atoms with E-state index >= 15 is 0 Å². The lowest BCUT2D eigenvalue weighted by atomic mass is 10.0. The van der Waals surface area contributed by atoms with Gasteiger partial charge >= 0.3 is 5.97 Å². The minimum atomic E-state index is -1.01. The average molecular weight is 267 g/mol. The first-order valence-corrected chi connectivity index (χ1v) is 6.50. The second-order valence-corrected chi connectivity index (χ2v) is 4.99. The third kappa shape index (κ3) is 4.73. The van der Waals surface area contributed by atoms with Gasteiger partial charge < -0.3 is 10.4 Å². The zero-order valence-corrected chi connectivity index (χ0v) is 11.6. The van der Waals surface area contributed by atoms with E-state index in [4.69, 9.17) is 5.11 Å². The highest BCUT2D eigenvalue weighted by Crippen LogP contribution is 2.07. The predicted octanol–water partition coefficient (Wildman–Crippen LogP) is 1.52. The maximum absolute atomic E-state index is 11.9. The van der Waals surface area contributed by atoms with Gasteiger partial charge in [0, 0.05) is 12.7 Å². The summed E-state index contributed by atoms with van der Waals surface area (Å²) in [6.45, 7) is 6.59. The number of nitrogens with one attached hydrogen (secondary N) is 1. The molecular weight excluding hydrogens is 246 g/mol. The number of carbonyl (C=O) groups excluding carboxylic acids is 1. The number of carboxylic acid groups (broad SMARTS) is 1. The van der Waals surface area contributed by atoms with E-state index in [1.165, 1.54) is 6.20 Å². The summed E-state index contributed by atoms with van der Waals surface area (Å²) in [5.41, 5.74) is 0.392. The first-order chi connectivity index (χ1) is 8.93. The van der Waals surface area contributed by atoms with Gasteiger partial charge in [-0.05, 0) is 18.8 Å². The Hall–Kier alpha value is -1.85. The van der Waals surface area contributed by atoms with Gasteiger partial charge in [-0.15, -0.1) is 0 Å². The molecular formula is C13H21N3O3. The minimum Gasteiger partial charge on any atom is -0.480 e. The predicted molar refractivity (Wildman–Crippen MR) is 70.9 cm³/mol. The quantitative estimate of drug-likeness (QED) is 0.784. The largest absolute Gasteiger partial charge is 0.480 e. The van der Waals surface area contributed by atoms with E-state index < -0.39 is 17.9 Å². The number of aryl methyl sites for hydroxylation is 1. The molecule has 0 fully saturated rings. The number of carbonyl (C=O) groups is 2. The van der Waals surface area contributed by atoms with Gasteiger partial charge in [-0.1, -0.05) is 20.8 Å². The summed E-state index contributed by atoms with van der Waals surface area (Å²) < 4.78 is 1.67. The topological polar surface area (TPSA) is 84.2 Å². The number of rotatable bonds is 7. The molecule has 0 saturated carbocycles. The number of carboxylic acids is 1. The molecule has 19 heavy (non-hydrogen) atoms. The Kier molecular flexibility index (Phi) is 5.54. The van der Waals surface area contributed by atoms with Gasteiger partial charge in [-0.2, -0.15) is 5.10 Å². The van der Waals surface area contributed by atoms with Crippen LogP contribution < -0.4 is 5.32 Å². The Morgan fingerprint density at radius 1 is 1.47 bits per heavy atom. The molecule has 0 saturated heterocycles. The van der Waals surface area contributed by atoms with Crippen LogP contribution in [0.2, 0.25) is 0 Å². The highest BCUT2D eigenvalue weighted by molar-refractivity contribution is 5.96. The molecule has 1 aromatic heterocycles. The third-order valence-electron chi connectivity index (χ3n) is 2.66. The van der Waals surface area contributed by atoms with Crippen molar-refractivity contribution in [1.29, 1.82) is 0 Å². The van der Waals surface area contributed by atoms with Crippen LogP contribution in [0, 0.1) is 5.92 Å². The van der Waals surface area contributed by atoms with Crippen molar-refractivity contribution < 1.29 is 14.7 Å². The molecule has 0 aliphatic heterocycles. The minimum absolute atomic E-state index is 0.198. The van der Waals surface area contributed by atoms with E-state index in [1.807, 2.05) is 20.8 Å². The fourth-order valence-electron chi connectivity index (χ4n) is 1.77. The van der Waals surface area contributed by atoms with Crippen LogP contribution in [0.25, 0.3) is 0 Å².